The van der Waals surface area contributed by atoms with E-state index in [2.05, 4.69) is 18.9 Å². The maximum atomic E-state index is 14.5. The van der Waals surface area contributed by atoms with E-state index >= 15 is 0 Å². The summed E-state index contributed by atoms with van der Waals surface area (Å²) in [6.45, 7) is -5.12. The van der Waals surface area contributed by atoms with Crippen molar-refractivity contribution in [3.8, 4) is 0 Å². The van der Waals surface area contributed by atoms with Gasteiger partial charge in [0.05, 0.1) is 0 Å². The summed E-state index contributed by atoms with van der Waals surface area (Å²) in [5.41, 5.74) is 0. The molecule has 2 saturated heterocycles. The molecule has 0 aromatic rings. The van der Waals surface area contributed by atoms with Crippen molar-refractivity contribution < 1.29 is 144 Å². The van der Waals surface area contributed by atoms with Crippen molar-refractivity contribution in [2.45, 2.75) is 112 Å². The van der Waals surface area contributed by atoms with Crippen LogP contribution in [-0.4, -0.2) is 125 Å². The fraction of sp³-hybridized carbons (Fsp3) is 0.769. The summed E-state index contributed by atoms with van der Waals surface area (Å²) < 4.78 is 294. The summed E-state index contributed by atoms with van der Waals surface area (Å²) in [5.74, 6) is -28.5. The van der Waals surface area contributed by atoms with Crippen LogP contribution in [0.5, 0.6) is 0 Å². The van der Waals surface area contributed by atoms with Crippen LogP contribution < -0.4 is 0 Å². The van der Waals surface area contributed by atoms with E-state index in [0.29, 0.717) is 4.90 Å². The Kier molecular flexibility index (Phi) is 15.7. The Morgan fingerprint density at radius 3 is 1.13 bits per heavy atom. The second-order valence-electron chi connectivity index (χ2n) is 11.8. The lowest BCUT2D eigenvalue weighted by molar-refractivity contribution is -0.428. The van der Waals surface area contributed by atoms with E-state index in [1.165, 1.54) is 0 Å². The summed E-state index contributed by atoms with van der Waals surface area (Å²) in [5, 5.41) is 0. The van der Waals surface area contributed by atoms with Crippen LogP contribution in [-0.2, 0) is 47.7 Å². The number of amides is 4. The van der Waals surface area contributed by atoms with E-state index in [0.717, 1.165) is 6.92 Å². The molecule has 2 unspecified atom stereocenters. The number of rotatable bonds is 14. The number of carbonyl (C=O) groups is 6. The lowest BCUT2D eigenvalue weighted by Gasteiger charge is -2.34. The van der Waals surface area contributed by atoms with Gasteiger partial charge in [-0.25, -0.2) is 14.5 Å². The molecule has 34 heteroatoms. The van der Waals surface area contributed by atoms with Crippen molar-refractivity contribution in [2.75, 3.05) is 13.2 Å². The van der Waals surface area contributed by atoms with Gasteiger partial charge in [0.1, 0.15) is 18.9 Å². The molecule has 12 nitrogen and oxygen atoms in total. The van der Waals surface area contributed by atoms with Gasteiger partial charge in [0, 0.05) is 25.7 Å². The van der Waals surface area contributed by atoms with Gasteiger partial charge >= 0.3 is 72.5 Å². The van der Waals surface area contributed by atoms with Gasteiger partial charge in [0.15, 0.2) is 13.2 Å². The average Bonchev–Trinajstić information content (AvgIpc) is 3.52. The van der Waals surface area contributed by atoms with E-state index < -0.39 is 146 Å². The molecule has 2 rings (SSSR count). The number of alkyl halides is 22. The molecule has 0 aromatic carbocycles. The molecule has 0 aromatic heterocycles. The third-order valence-corrected chi connectivity index (χ3v) is 6.89. The first kappa shape index (κ1) is 53.6. The quantitative estimate of drug-likeness (QED) is 0.0814. The number of hydrogen-bond acceptors (Lipinski definition) is 10. The Morgan fingerprint density at radius 1 is 0.517 bits per heavy atom. The number of likely N-dealkylation sites (tertiary alicyclic amines) is 2. The fourth-order valence-corrected chi connectivity index (χ4v) is 4.27. The lowest BCUT2D eigenvalue weighted by Crippen LogP contribution is -2.64. The van der Waals surface area contributed by atoms with Gasteiger partial charge in [-0.05, 0) is 6.92 Å². The largest absolute Gasteiger partial charge is 0.458 e. The molecule has 4 atom stereocenters. The Morgan fingerprint density at radius 2 is 0.833 bits per heavy atom. The number of imide groups is 2. The zero-order valence-corrected chi connectivity index (χ0v) is 28.5. The minimum atomic E-state index is -6.75. The molecule has 348 valence electrons. The fourth-order valence-electron chi connectivity index (χ4n) is 4.27. The van der Waals surface area contributed by atoms with E-state index in [1.54, 1.807) is 0 Å². The highest BCUT2D eigenvalue weighted by atomic mass is 19.4. The minimum absolute atomic E-state index is 0.307. The Balaban J connectivity index is 0.000000605. The highest BCUT2D eigenvalue weighted by Crippen LogP contribution is 2.46. The first-order valence-electron chi connectivity index (χ1n) is 15.0. The second-order valence-corrected chi connectivity index (χ2v) is 11.8. The Hall–Kier alpha value is -4.40. The van der Waals surface area contributed by atoms with Gasteiger partial charge in [-0.3, -0.25) is 33.6 Å². The smallest absolute Gasteiger partial charge is 0.454 e. The van der Waals surface area contributed by atoms with Crippen LogP contribution >= 0.6 is 0 Å². The van der Waals surface area contributed by atoms with Gasteiger partial charge in [0.25, 0.3) is 0 Å². The number of halogens is 22. The van der Waals surface area contributed by atoms with E-state index in [4.69, 9.17) is 0 Å². The number of hydrogen-bond donors (Lipinski definition) is 0. The molecule has 0 bridgehead atoms. The third-order valence-electron chi connectivity index (χ3n) is 6.89. The second kappa shape index (κ2) is 17.5. The minimum Gasteiger partial charge on any atom is -0.458 e. The monoisotopic (exact) mass is 938 g/mol. The molecule has 0 radical (unpaired) electrons. The van der Waals surface area contributed by atoms with Crippen molar-refractivity contribution in [1.82, 2.24) is 9.80 Å². The van der Waals surface area contributed by atoms with Gasteiger partial charge in [0.2, 0.25) is 23.6 Å². The van der Waals surface area contributed by atoms with Gasteiger partial charge in [-0.2, -0.15) is 96.6 Å². The van der Waals surface area contributed by atoms with Crippen molar-refractivity contribution in [3.05, 3.63) is 0 Å². The van der Waals surface area contributed by atoms with Crippen LogP contribution in [0.4, 0.5) is 96.6 Å². The SMILES string of the molecule is C[C@@H](C(=O)OCC(F)(OC(F)(F)CC(F)(F)F)C(F)(F)F)N1C(=O)CCC1=O.O=C1CCC(=O)N1[C@](F)(C(=O)OCC(F)(OC(F)(F)CC(F)(F)F)C(F)(F)F)C(F)(F)F. The maximum Gasteiger partial charge on any atom is 0.454 e. The summed E-state index contributed by atoms with van der Waals surface area (Å²) >= 11 is 0. The van der Waals surface area contributed by atoms with Crippen LogP contribution in [0.3, 0.4) is 0 Å². The molecule has 2 heterocycles. The molecular formula is C26H20F22N2O10. The lowest BCUT2D eigenvalue weighted by atomic mass is 10.2. The molecular weight excluding hydrogens is 918 g/mol. The predicted molar refractivity (Wildman–Crippen MR) is 137 cm³/mol. The Bertz CT molecular complexity index is 1590. The standard InChI is InChI=1S/C13H8F13NO5.C13H12F9NO5/c14-8(12(21,22)23,32-10(18,19)3-9(15,16)17)4-31-7(30)11(20,13(24,25)26)27-5(28)1-2-6(27)29;1-6(23-7(24)2-3-8(23)25)9(26)27-5-10(14,13(20,21)22)28-12(18,19)4-11(15,16)17/h1-4H2;6H,2-5H2,1H3/t8?,11-;6-,10?/m10/s1. The first-order chi connectivity index (χ1) is 26.4. The van der Waals surface area contributed by atoms with Crippen molar-refractivity contribution in [2.24, 2.45) is 0 Å². The van der Waals surface area contributed by atoms with Gasteiger partial charge in [-0.1, -0.05) is 0 Å². The molecule has 0 spiro atoms. The number of carbonyl (C=O) groups excluding carboxylic acids is 6. The zero-order valence-electron chi connectivity index (χ0n) is 28.5. The first-order valence-corrected chi connectivity index (χ1v) is 15.0. The van der Waals surface area contributed by atoms with E-state index in [-0.39, 0.29) is 12.8 Å². The summed E-state index contributed by atoms with van der Waals surface area (Å²) in [7, 11) is 0. The van der Waals surface area contributed by atoms with E-state index in [9.17, 15) is 125 Å². The van der Waals surface area contributed by atoms with Crippen molar-refractivity contribution in [3.63, 3.8) is 0 Å². The predicted octanol–water partition coefficient (Wildman–Crippen LogP) is 6.55. The average molecular weight is 938 g/mol. The van der Waals surface area contributed by atoms with Crippen LogP contribution in [0.15, 0.2) is 0 Å². The molecule has 60 heavy (non-hydrogen) atoms. The molecule has 2 aliphatic rings. The summed E-state index contributed by atoms with van der Waals surface area (Å²) in [6, 6.07) is -1.82. The summed E-state index contributed by atoms with van der Waals surface area (Å²) in [6.07, 6.45) is -52.4. The van der Waals surface area contributed by atoms with Crippen molar-refractivity contribution >= 4 is 35.6 Å². The number of esters is 2. The molecule has 4 amide bonds. The topological polar surface area (TPSA) is 146 Å². The third kappa shape index (κ3) is 13.6. The van der Waals surface area contributed by atoms with Crippen LogP contribution in [0.25, 0.3) is 0 Å². The Labute approximate surface area is 315 Å². The number of ether oxygens (including phenoxy) is 4. The number of nitrogens with zero attached hydrogens (tertiary/aromatic N) is 2. The van der Waals surface area contributed by atoms with Gasteiger partial charge < -0.3 is 9.47 Å². The highest BCUT2D eigenvalue weighted by molar-refractivity contribution is 6.06. The maximum absolute atomic E-state index is 14.5. The van der Waals surface area contributed by atoms with Crippen LogP contribution in [0, 0.1) is 0 Å². The van der Waals surface area contributed by atoms with Gasteiger partial charge in [-0.15, -0.1) is 0 Å². The van der Waals surface area contributed by atoms with E-state index in [1.807, 2.05) is 0 Å². The normalized spacial score (nSPS) is 19.9. The van der Waals surface area contributed by atoms with Crippen molar-refractivity contribution in [1.29, 1.82) is 0 Å². The molecule has 0 saturated carbocycles. The zero-order chi connectivity index (χ0) is 47.7. The molecule has 2 aliphatic heterocycles. The highest BCUT2D eigenvalue weighted by Gasteiger charge is 2.72. The van der Waals surface area contributed by atoms with Crippen LogP contribution in [0.2, 0.25) is 0 Å². The van der Waals surface area contributed by atoms with Crippen LogP contribution in [0.1, 0.15) is 45.4 Å². The summed E-state index contributed by atoms with van der Waals surface area (Å²) in [4.78, 5) is 67.7. The molecule has 2 fully saturated rings. The molecule has 0 aliphatic carbocycles. The molecule has 0 N–H and O–H groups in total.